The number of nitrogens with zero attached hydrogens (tertiary/aromatic N) is 5. The molecule has 3 aromatic rings. The molecule has 2 aromatic heterocycles. The number of amides is 1. The molecule has 3 heterocycles. The molecule has 0 saturated carbocycles. The molecule has 7 heteroatoms. The first kappa shape index (κ1) is 15.8. The predicted octanol–water partition coefficient (Wildman–Crippen LogP) is 1.60. The minimum absolute atomic E-state index is 0.135. The van der Waals surface area contributed by atoms with Crippen LogP contribution in [0.3, 0.4) is 0 Å². The Morgan fingerprint density at radius 1 is 1.28 bits per heavy atom. The maximum Gasteiger partial charge on any atom is 0.242 e. The number of carbonyl (C=O) groups excluding carboxylic acids is 1. The van der Waals surface area contributed by atoms with Crippen LogP contribution < -0.4 is 0 Å². The Balaban J connectivity index is 1.63. The van der Waals surface area contributed by atoms with Crippen LogP contribution in [-0.4, -0.2) is 56.4 Å². The molecule has 130 valence electrons. The largest absolute Gasteiger partial charge is 0.378 e. The first-order valence-corrected chi connectivity index (χ1v) is 8.43. The molecule has 0 unspecified atom stereocenters. The van der Waals surface area contributed by atoms with E-state index in [0.29, 0.717) is 38.7 Å². The molecule has 0 N–H and O–H groups in total. The van der Waals surface area contributed by atoms with Crippen molar-refractivity contribution >= 4 is 16.8 Å². The van der Waals surface area contributed by atoms with Crippen molar-refractivity contribution in [3.8, 4) is 11.4 Å². The third kappa shape index (κ3) is 3.02. The lowest BCUT2D eigenvalue weighted by molar-refractivity contribution is -0.135. The number of rotatable bonds is 3. The molecule has 25 heavy (non-hydrogen) atoms. The number of hydrogen-bond acceptors (Lipinski definition) is 4. The molecule has 1 aromatic carbocycles. The zero-order valence-corrected chi connectivity index (χ0v) is 14.5. The highest BCUT2D eigenvalue weighted by Crippen LogP contribution is 2.26. The fraction of sp³-hybridized carbons (Fsp3) is 0.389. The van der Waals surface area contributed by atoms with Crippen LogP contribution in [0.15, 0.2) is 30.7 Å². The summed E-state index contributed by atoms with van der Waals surface area (Å²) in [7, 11) is 1.86. The second-order valence-corrected chi connectivity index (χ2v) is 6.41. The van der Waals surface area contributed by atoms with Crippen molar-refractivity contribution in [1.82, 2.24) is 24.2 Å². The van der Waals surface area contributed by atoms with Gasteiger partial charge in [0.05, 0.1) is 13.2 Å². The third-order valence-electron chi connectivity index (χ3n) is 4.61. The molecule has 0 atom stereocenters. The lowest BCUT2D eigenvalue weighted by Crippen LogP contribution is -2.42. The summed E-state index contributed by atoms with van der Waals surface area (Å²) in [4.78, 5) is 18.7. The van der Waals surface area contributed by atoms with Crippen molar-refractivity contribution in [1.29, 1.82) is 0 Å². The van der Waals surface area contributed by atoms with Gasteiger partial charge in [0.25, 0.3) is 0 Å². The Labute approximate surface area is 145 Å². The van der Waals surface area contributed by atoms with Gasteiger partial charge in [0.2, 0.25) is 5.91 Å². The molecule has 0 radical (unpaired) electrons. The normalized spacial score (nSPS) is 15.0. The third-order valence-corrected chi connectivity index (χ3v) is 4.61. The molecule has 7 nitrogen and oxygen atoms in total. The number of aryl methyl sites for hydroxylation is 2. The van der Waals surface area contributed by atoms with Gasteiger partial charge in [-0.05, 0) is 30.7 Å². The summed E-state index contributed by atoms with van der Waals surface area (Å²) < 4.78 is 9.04. The molecule has 4 rings (SSSR count). The molecule has 1 aliphatic heterocycles. The fourth-order valence-electron chi connectivity index (χ4n) is 3.28. The van der Waals surface area contributed by atoms with E-state index < -0.39 is 0 Å². The average molecular weight is 339 g/mol. The average Bonchev–Trinajstić information content (AvgIpc) is 3.19. The number of aromatic nitrogens is 4. The number of morpholine rings is 1. The van der Waals surface area contributed by atoms with Gasteiger partial charge in [-0.25, -0.2) is 4.98 Å². The lowest BCUT2D eigenvalue weighted by atomic mass is 10.1. The Bertz CT molecular complexity index is 921. The number of ether oxygens (including phenoxy) is 1. The molecule has 0 aliphatic carbocycles. The van der Waals surface area contributed by atoms with E-state index in [2.05, 4.69) is 23.1 Å². The smallest absolute Gasteiger partial charge is 0.242 e. The standard InChI is InChI=1S/C18H21N5O2/c1-13-10-23(11-17(24)22-5-7-25-8-6-22)16-4-3-14(9-15(13)16)18-19-12-21(2)20-18/h3-4,9-10,12H,5-8,11H2,1-2H3. The van der Waals surface area contributed by atoms with E-state index in [-0.39, 0.29) is 5.91 Å². The highest BCUT2D eigenvalue weighted by molar-refractivity contribution is 5.89. The summed E-state index contributed by atoms with van der Waals surface area (Å²) in [6, 6.07) is 6.14. The summed E-state index contributed by atoms with van der Waals surface area (Å²) in [5.74, 6) is 0.844. The van der Waals surface area contributed by atoms with E-state index in [0.717, 1.165) is 22.0 Å². The first-order chi connectivity index (χ1) is 12.1. The maximum atomic E-state index is 12.5. The van der Waals surface area contributed by atoms with Crippen molar-refractivity contribution in [2.24, 2.45) is 7.05 Å². The SMILES string of the molecule is Cc1cn(CC(=O)N2CCOCC2)c2ccc(-c3ncn(C)n3)cc12. The number of fused-ring (bicyclic) bond motifs is 1. The van der Waals surface area contributed by atoms with Crippen LogP contribution in [0.1, 0.15) is 5.56 Å². The van der Waals surface area contributed by atoms with Crippen LogP contribution in [0.25, 0.3) is 22.3 Å². The van der Waals surface area contributed by atoms with Crippen LogP contribution in [0.4, 0.5) is 0 Å². The van der Waals surface area contributed by atoms with Crippen molar-refractivity contribution in [3.05, 3.63) is 36.3 Å². The van der Waals surface area contributed by atoms with Crippen LogP contribution >= 0.6 is 0 Å². The highest BCUT2D eigenvalue weighted by atomic mass is 16.5. The van der Waals surface area contributed by atoms with Gasteiger partial charge >= 0.3 is 0 Å². The number of hydrogen-bond donors (Lipinski definition) is 0. The van der Waals surface area contributed by atoms with Gasteiger partial charge in [-0.1, -0.05) is 0 Å². The molecular formula is C18H21N5O2. The van der Waals surface area contributed by atoms with Gasteiger partial charge in [0, 0.05) is 42.8 Å². The van der Waals surface area contributed by atoms with Crippen molar-refractivity contribution in [3.63, 3.8) is 0 Å². The summed E-state index contributed by atoms with van der Waals surface area (Å²) in [6.45, 7) is 5.01. The first-order valence-electron chi connectivity index (χ1n) is 8.43. The van der Waals surface area contributed by atoms with E-state index in [1.165, 1.54) is 0 Å². The Morgan fingerprint density at radius 3 is 2.80 bits per heavy atom. The van der Waals surface area contributed by atoms with Crippen LogP contribution in [0.5, 0.6) is 0 Å². The highest BCUT2D eigenvalue weighted by Gasteiger charge is 2.18. The van der Waals surface area contributed by atoms with Gasteiger partial charge in [-0.3, -0.25) is 9.48 Å². The van der Waals surface area contributed by atoms with E-state index in [1.807, 2.05) is 34.8 Å². The van der Waals surface area contributed by atoms with Gasteiger partial charge in [0.15, 0.2) is 5.82 Å². The zero-order chi connectivity index (χ0) is 17.4. The molecule has 0 spiro atoms. The van der Waals surface area contributed by atoms with Gasteiger partial charge < -0.3 is 14.2 Å². The Morgan fingerprint density at radius 2 is 2.08 bits per heavy atom. The fourth-order valence-corrected chi connectivity index (χ4v) is 3.28. The van der Waals surface area contributed by atoms with Gasteiger partial charge in [-0.2, -0.15) is 5.10 Å². The van der Waals surface area contributed by atoms with E-state index in [9.17, 15) is 4.79 Å². The summed E-state index contributed by atoms with van der Waals surface area (Å²) in [6.07, 6.45) is 3.73. The summed E-state index contributed by atoms with van der Waals surface area (Å²) in [5, 5.41) is 5.48. The van der Waals surface area contributed by atoms with Crippen molar-refractivity contribution < 1.29 is 9.53 Å². The summed E-state index contributed by atoms with van der Waals surface area (Å²) >= 11 is 0. The molecule has 1 aliphatic rings. The molecule has 1 saturated heterocycles. The minimum Gasteiger partial charge on any atom is -0.378 e. The molecule has 1 fully saturated rings. The quantitative estimate of drug-likeness (QED) is 0.727. The molecular weight excluding hydrogens is 318 g/mol. The monoisotopic (exact) mass is 339 g/mol. The van der Waals surface area contributed by atoms with Crippen LogP contribution in [0.2, 0.25) is 0 Å². The van der Waals surface area contributed by atoms with Gasteiger partial charge in [-0.15, -0.1) is 0 Å². The summed E-state index contributed by atoms with van der Waals surface area (Å²) in [5.41, 5.74) is 3.18. The van der Waals surface area contributed by atoms with E-state index in [1.54, 1.807) is 11.0 Å². The lowest BCUT2D eigenvalue weighted by Gasteiger charge is -2.27. The Hall–Kier alpha value is -2.67. The van der Waals surface area contributed by atoms with E-state index >= 15 is 0 Å². The molecule has 1 amide bonds. The topological polar surface area (TPSA) is 65.2 Å². The van der Waals surface area contributed by atoms with Crippen molar-refractivity contribution in [2.75, 3.05) is 26.3 Å². The molecule has 0 bridgehead atoms. The van der Waals surface area contributed by atoms with E-state index in [4.69, 9.17) is 4.74 Å². The minimum atomic E-state index is 0.135. The Kier molecular flexibility index (Phi) is 4.01. The maximum absolute atomic E-state index is 12.5. The second kappa shape index (κ2) is 6.33. The zero-order valence-electron chi connectivity index (χ0n) is 14.5. The number of benzene rings is 1. The number of carbonyl (C=O) groups is 1. The van der Waals surface area contributed by atoms with Crippen molar-refractivity contribution in [2.45, 2.75) is 13.5 Å². The van der Waals surface area contributed by atoms with Gasteiger partial charge in [0.1, 0.15) is 12.9 Å². The van der Waals surface area contributed by atoms with Crippen LogP contribution in [-0.2, 0) is 23.1 Å². The van der Waals surface area contributed by atoms with Crippen LogP contribution in [0, 0.1) is 6.92 Å². The second-order valence-electron chi connectivity index (χ2n) is 6.41. The predicted molar refractivity (Wildman–Crippen MR) is 94.1 cm³/mol.